The Bertz CT molecular complexity index is 457. The van der Waals surface area contributed by atoms with Gasteiger partial charge < -0.3 is 15.2 Å². The first-order chi connectivity index (χ1) is 8.93. The zero-order valence-electron chi connectivity index (χ0n) is 11.3. The maximum absolute atomic E-state index is 11.7. The number of amides is 1. The summed E-state index contributed by atoms with van der Waals surface area (Å²) in [5.41, 5.74) is 0.490. The fourth-order valence-electron chi connectivity index (χ4n) is 1.70. The molecule has 1 aromatic carbocycles. The summed E-state index contributed by atoms with van der Waals surface area (Å²) in [5, 5.41) is 11.7. The molecule has 104 valence electrons. The molecule has 0 aliphatic rings. The van der Waals surface area contributed by atoms with Crippen LogP contribution in [0.15, 0.2) is 24.3 Å². The standard InChI is InChI=1S/C14H19NO4/c1-9(2)7-12(16)15-13(14(17)18)10-5-4-6-11(8-10)19-3/h4-6,8-9,13H,7H2,1-3H3,(H,15,16)(H,17,18). The van der Waals surface area contributed by atoms with E-state index in [1.165, 1.54) is 7.11 Å². The summed E-state index contributed by atoms with van der Waals surface area (Å²) in [6.07, 6.45) is 0.299. The summed E-state index contributed by atoms with van der Waals surface area (Å²) in [6.45, 7) is 3.81. The van der Waals surface area contributed by atoms with E-state index in [1.807, 2.05) is 13.8 Å². The molecular weight excluding hydrogens is 246 g/mol. The number of benzene rings is 1. The summed E-state index contributed by atoms with van der Waals surface area (Å²) < 4.78 is 5.05. The van der Waals surface area contributed by atoms with Crippen LogP contribution in [0.5, 0.6) is 5.75 Å². The van der Waals surface area contributed by atoms with E-state index >= 15 is 0 Å². The van der Waals surface area contributed by atoms with Crippen LogP contribution < -0.4 is 10.1 Å². The quantitative estimate of drug-likeness (QED) is 0.824. The third kappa shape index (κ3) is 4.62. The minimum Gasteiger partial charge on any atom is -0.497 e. The van der Waals surface area contributed by atoms with Gasteiger partial charge in [0.15, 0.2) is 6.04 Å². The Morgan fingerprint density at radius 3 is 2.58 bits per heavy atom. The highest BCUT2D eigenvalue weighted by Gasteiger charge is 2.22. The Hall–Kier alpha value is -2.04. The van der Waals surface area contributed by atoms with Gasteiger partial charge in [0, 0.05) is 6.42 Å². The summed E-state index contributed by atoms with van der Waals surface area (Å²) in [5.74, 6) is -0.628. The normalized spacial score (nSPS) is 12.0. The van der Waals surface area contributed by atoms with Gasteiger partial charge in [0.25, 0.3) is 0 Å². The predicted molar refractivity (Wildman–Crippen MR) is 71.0 cm³/mol. The molecule has 0 bridgehead atoms. The second kappa shape index (κ2) is 6.78. The van der Waals surface area contributed by atoms with Crippen LogP contribution in [0.1, 0.15) is 31.9 Å². The van der Waals surface area contributed by atoms with Crippen molar-refractivity contribution in [3.63, 3.8) is 0 Å². The van der Waals surface area contributed by atoms with Crippen LogP contribution in [0.3, 0.4) is 0 Å². The van der Waals surface area contributed by atoms with E-state index in [4.69, 9.17) is 4.74 Å². The Labute approximate surface area is 112 Å². The van der Waals surface area contributed by atoms with Crippen molar-refractivity contribution in [3.05, 3.63) is 29.8 Å². The van der Waals surface area contributed by atoms with E-state index in [1.54, 1.807) is 24.3 Å². The van der Waals surface area contributed by atoms with Crippen LogP contribution >= 0.6 is 0 Å². The van der Waals surface area contributed by atoms with Crippen molar-refractivity contribution in [3.8, 4) is 5.75 Å². The third-order valence-electron chi connectivity index (χ3n) is 2.57. The van der Waals surface area contributed by atoms with Gasteiger partial charge in [0.2, 0.25) is 5.91 Å². The van der Waals surface area contributed by atoms with Crippen molar-refractivity contribution >= 4 is 11.9 Å². The lowest BCUT2D eigenvalue weighted by atomic mass is 10.1. The van der Waals surface area contributed by atoms with E-state index < -0.39 is 12.0 Å². The molecule has 1 rings (SSSR count). The van der Waals surface area contributed by atoms with Gasteiger partial charge in [-0.15, -0.1) is 0 Å². The Kier molecular flexibility index (Phi) is 5.36. The number of carbonyl (C=O) groups is 2. The summed E-state index contributed by atoms with van der Waals surface area (Å²) in [4.78, 5) is 23.0. The van der Waals surface area contributed by atoms with E-state index in [-0.39, 0.29) is 11.8 Å². The molecule has 1 atom stereocenters. The lowest BCUT2D eigenvalue weighted by Crippen LogP contribution is -2.34. The van der Waals surface area contributed by atoms with Crippen LogP contribution in [-0.2, 0) is 9.59 Å². The lowest BCUT2D eigenvalue weighted by Gasteiger charge is -2.16. The second-order valence-corrected chi connectivity index (χ2v) is 4.71. The van der Waals surface area contributed by atoms with Crippen LogP contribution in [-0.4, -0.2) is 24.1 Å². The molecule has 1 aromatic rings. The molecule has 1 amide bonds. The zero-order chi connectivity index (χ0) is 14.4. The van der Waals surface area contributed by atoms with E-state index in [2.05, 4.69) is 5.32 Å². The molecule has 0 radical (unpaired) electrons. The van der Waals surface area contributed by atoms with E-state index in [9.17, 15) is 14.7 Å². The number of carboxylic acids is 1. The van der Waals surface area contributed by atoms with Crippen LogP contribution in [0.2, 0.25) is 0 Å². The summed E-state index contributed by atoms with van der Waals surface area (Å²) >= 11 is 0. The largest absolute Gasteiger partial charge is 0.497 e. The van der Waals surface area contributed by atoms with Gasteiger partial charge in [0.1, 0.15) is 5.75 Å². The van der Waals surface area contributed by atoms with Gasteiger partial charge in [-0.1, -0.05) is 26.0 Å². The van der Waals surface area contributed by atoms with Crippen molar-refractivity contribution in [2.45, 2.75) is 26.3 Å². The number of nitrogens with one attached hydrogen (secondary N) is 1. The summed E-state index contributed by atoms with van der Waals surface area (Å²) in [7, 11) is 1.51. The molecule has 0 heterocycles. The Morgan fingerprint density at radius 2 is 2.05 bits per heavy atom. The van der Waals surface area contributed by atoms with Gasteiger partial charge in [-0.05, 0) is 23.6 Å². The smallest absolute Gasteiger partial charge is 0.330 e. The van der Waals surface area contributed by atoms with Crippen LogP contribution in [0.4, 0.5) is 0 Å². The number of hydrogen-bond donors (Lipinski definition) is 2. The van der Waals surface area contributed by atoms with Crippen molar-refractivity contribution in [1.82, 2.24) is 5.32 Å². The minimum atomic E-state index is -1.09. The van der Waals surface area contributed by atoms with Crippen molar-refractivity contribution < 1.29 is 19.4 Å². The van der Waals surface area contributed by atoms with Crippen molar-refractivity contribution in [2.75, 3.05) is 7.11 Å². The monoisotopic (exact) mass is 265 g/mol. The first-order valence-electron chi connectivity index (χ1n) is 6.10. The molecule has 0 saturated carbocycles. The molecule has 0 aromatic heterocycles. The van der Waals surface area contributed by atoms with Gasteiger partial charge in [-0.3, -0.25) is 4.79 Å². The maximum atomic E-state index is 11.7. The fourth-order valence-corrected chi connectivity index (χ4v) is 1.70. The lowest BCUT2D eigenvalue weighted by molar-refractivity contribution is -0.142. The van der Waals surface area contributed by atoms with E-state index in [0.717, 1.165) is 0 Å². The van der Waals surface area contributed by atoms with Gasteiger partial charge in [-0.25, -0.2) is 4.79 Å². The molecular formula is C14H19NO4. The molecule has 0 spiro atoms. The third-order valence-corrected chi connectivity index (χ3v) is 2.57. The van der Waals surface area contributed by atoms with Crippen LogP contribution in [0.25, 0.3) is 0 Å². The maximum Gasteiger partial charge on any atom is 0.330 e. The van der Waals surface area contributed by atoms with Gasteiger partial charge in [-0.2, -0.15) is 0 Å². The fraction of sp³-hybridized carbons (Fsp3) is 0.429. The number of hydrogen-bond acceptors (Lipinski definition) is 3. The summed E-state index contributed by atoms with van der Waals surface area (Å²) in [6, 6.07) is 5.61. The first kappa shape index (κ1) is 15.0. The highest BCUT2D eigenvalue weighted by molar-refractivity contribution is 5.84. The second-order valence-electron chi connectivity index (χ2n) is 4.71. The predicted octanol–water partition coefficient (Wildman–Crippen LogP) is 1.98. The van der Waals surface area contributed by atoms with Crippen LogP contribution in [0, 0.1) is 5.92 Å². The molecule has 2 N–H and O–H groups in total. The molecule has 19 heavy (non-hydrogen) atoms. The molecule has 5 heteroatoms. The van der Waals surface area contributed by atoms with Gasteiger partial charge >= 0.3 is 5.97 Å². The number of carboxylic acid groups (broad SMARTS) is 1. The molecule has 0 saturated heterocycles. The number of methoxy groups -OCH3 is 1. The first-order valence-corrected chi connectivity index (χ1v) is 6.10. The number of rotatable bonds is 6. The highest BCUT2D eigenvalue weighted by atomic mass is 16.5. The highest BCUT2D eigenvalue weighted by Crippen LogP contribution is 2.19. The Balaban J connectivity index is 2.88. The number of aliphatic carboxylic acids is 1. The Morgan fingerprint density at radius 1 is 1.37 bits per heavy atom. The molecule has 0 fully saturated rings. The van der Waals surface area contributed by atoms with Gasteiger partial charge in [0.05, 0.1) is 7.11 Å². The molecule has 0 aliphatic carbocycles. The SMILES string of the molecule is COc1cccc(C(NC(=O)CC(C)C)C(=O)O)c1. The average molecular weight is 265 g/mol. The molecule has 0 aliphatic heterocycles. The average Bonchev–Trinajstić information content (AvgIpc) is 2.34. The number of carbonyl (C=O) groups excluding carboxylic acids is 1. The molecule has 1 unspecified atom stereocenters. The van der Waals surface area contributed by atoms with Crippen molar-refractivity contribution in [1.29, 1.82) is 0 Å². The topological polar surface area (TPSA) is 75.6 Å². The van der Waals surface area contributed by atoms with Crippen molar-refractivity contribution in [2.24, 2.45) is 5.92 Å². The molecule has 5 nitrogen and oxygen atoms in total. The number of ether oxygens (including phenoxy) is 1. The minimum absolute atomic E-state index is 0.180. The zero-order valence-corrected chi connectivity index (χ0v) is 11.3. The van der Waals surface area contributed by atoms with E-state index in [0.29, 0.717) is 17.7 Å².